The lowest BCUT2D eigenvalue weighted by atomic mass is 10.1. The molecule has 4 heterocycles. The molecular formula is C26H25N3O7S3. The van der Waals surface area contributed by atoms with Gasteiger partial charge in [0.15, 0.2) is 5.16 Å². The van der Waals surface area contributed by atoms with Gasteiger partial charge in [-0.05, 0) is 38.5 Å². The van der Waals surface area contributed by atoms with E-state index >= 15 is 0 Å². The van der Waals surface area contributed by atoms with Crippen LogP contribution in [0.2, 0.25) is 0 Å². The van der Waals surface area contributed by atoms with E-state index in [4.69, 9.17) is 13.9 Å². The number of nitrogens with zero attached hydrogens (tertiary/aromatic N) is 2. The van der Waals surface area contributed by atoms with Gasteiger partial charge in [0.1, 0.15) is 20.5 Å². The number of thioether (sulfide) groups is 1. The summed E-state index contributed by atoms with van der Waals surface area (Å²) in [4.78, 5) is 56.8. The first-order valence-electron chi connectivity index (χ1n) is 11.9. The number of hydrogen-bond acceptors (Lipinski definition) is 11. The molecule has 13 heteroatoms. The van der Waals surface area contributed by atoms with E-state index in [-0.39, 0.29) is 46.5 Å². The zero-order chi connectivity index (χ0) is 28.1. The second kappa shape index (κ2) is 12.5. The Morgan fingerprint density at radius 3 is 2.64 bits per heavy atom. The van der Waals surface area contributed by atoms with Crippen LogP contribution in [0.25, 0.3) is 21.5 Å². The van der Waals surface area contributed by atoms with Crippen molar-refractivity contribution in [3.8, 4) is 11.3 Å². The Morgan fingerprint density at radius 1 is 1.23 bits per heavy atom. The van der Waals surface area contributed by atoms with Crippen LogP contribution in [0.5, 0.6) is 0 Å². The van der Waals surface area contributed by atoms with Crippen molar-refractivity contribution >= 4 is 67.5 Å². The molecule has 0 aliphatic heterocycles. The molecule has 0 atom stereocenters. The summed E-state index contributed by atoms with van der Waals surface area (Å²) < 4.78 is 17.1. The van der Waals surface area contributed by atoms with E-state index in [1.54, 1.807) is 39.0 Å². The summed E-state index contributed by atoms with van der Waals surface area (Å²) >= 11 is 3.33. The molecule has 0 aromatic carbocycles. The van der Waals surface area contributed by atoms with E-state index in [9.17, 15) is 19.2 Å². The Bertz CT molecular complexity index is 1600. The quantitative estimate of drug-likeness (QED) is 0.107. The third-order valence-corrected chi connectivity index (χ3v) is 8.47. The summed E-state index contributed by atoms with van der Waals surface area (Å²) in [7, 11) is 0. The molecule has 4 aromatic rings. The van der Waals surface area contributed by atoms with Gasteiger partial charge in [0, 0.05) is 17.5 Å². The summed E-state index contributed by atoms with van der Waals surface area (Å²) in [6, 6.07) is 3.52. The minimum absolute atomic E-state index is 0.107. The fourth-order valence-electron chi connectivity index (χ4n) is 3.75. The number of rotatable bonds is 11. The Labute approximate surface area is 235 Å². The topological polar surface area (TPSA) is 130 Å². The monoisotopic (exact) mass is 587 g/mol. The molecule has 10 nitrogen and oxygen atoms in total. The summed E-state index contributed by atoms with van der Waals surface area (Å²) in [5.74, 6) is -1.24. The third-order valence-electron chi connectivity index (χ3n) is 5.43. The van der Waals surface area contributed by atoms with Crippen molar-refractivity contribution in [2.24, 2.45) is 0 Å². The number of fused-ring (bicyclic) bond motifs is 1. The number of nitrogens with one attached hydrogen (secondary N) is 1. The van der Waals surface area contributed by atoms with Crippen LogP contribution in [0.3, 0.4) is 0 Å². The van der Waals surface area contributed by atoms with E-state index in [0.717, 1.165) is 23.1 Å². The van der Waals surface area contributed by atoms with Gasteiger partial charge >= 0.3 is 11.9 Å². The zero-order valence-corrected chi connectivity index (χ0v) is 23.8. The third kappa shape index (κ3) is 5.84. The SMILES string of the molecule is C=CCn1c(SCC(=O)Nc2sc(C(=O)OCC)c(C)c2C(=O)OCC)nc2scc(-c3ccco3)c2c1=O. The van der Waals surface area contributed by atoms with Crippen LogP contribution in [-0.4, -0.2) is 46.4 Å². The highest BCUT2D eigenvalue weighted by atomic mass is 32.2. The number of furan rings is 1. The minimum atomic E-state index is -0.651. The van der Waals surface area contributed by atoms with E-state index in [1.165, 1.54) is 22.2 Å². The van der Waals surface area contributed by atoms with Crippen molar-refractivity contribution in [2.75, 3.05) is 24.3 Å². The zero-order valence-electron chi connectivity index (χ0n) is 21.4. The minimum Gasteiger partial charge on any atom is -0.464 e. The van der Waals surface area contributed by atoms with Crippen molar-refractivity contribution in [2.45, 2.75) is 32.5 Å². The molecule has 0 fully saturated rings. The van der Waals surface area contributed by atoms with Crippen molar-refractivity contribution in [3.05, 3.63) is 62.8 Å². The molecule has 0 saturated carbocycles. The van der Waals surface area contributed by atoms with Crippen molar-refractivity contribution in [1.82, 2.24) is 9.55 Å². The van der Waals surface area contributed by atoms with Crippen LogP contribution in [0.4, 0.5) is 5.00 Å². The molecule has 0 saturated heterocycles. The number of thiophene rings is 2. The number of allylic oxidation sites excluding steroid dienone is 1. The molecule has 204 valence electrons. The van der Waals surface area contributed by atoms with Crippen LogP contribution >= 0.6 is 34.4 Å². The van der Waals surface area contributed by atoms with Gasteiger partial charge in [-0.15, -0.1) is 29.3 Å². The average Bonchev–Trinajstić information content (AvgIpc) is 3.64. The molecule has 0 aliphatic carbocycles. The lowest BCUT2D eigenvalue weighted by Gasteiger charge is -2.11. The summed E-state index contributed by atoms with van der Waals surface area (Å²) in [6.45, 7) is 9.17. The predicted octanol–water partition coefficient (Wildman–Crippen LogP) is 5.36. The van der Waals surface area contributed by atoms with E-state index in [1.807, 2.05) is 5.38 Å². The molecular weight excluding hydrogens is 563 g/mol. The Kier molecular flexibility index (Phi) is 9.04. The molecule has 0 unspecified atom stereocenters. The van der Waals surface area contributed by atoms with Crippen LogP contribution < -0.4 is 10.9 Å². The second-order valence-electron chi connectivity index (χ2n) is 7.94. The number of amides is 1. The van der Waals surface area contributed by atoms with Gasteiger partial charge in [0.2, 0.25) is 5.91 Å². The first-order valence-corrected chi connectivity index (χ1v) is 14.6. The molecule has 4 aromatic heterocycles. The van der Waals surface area contributed by atoms with Crippen LogP contribution in [0.1, 0.15) is 39.4 Å². The molecule has 39 heavy (non-hydrogen) atoms. The van der Waals surface area contributed by atoms with Gasteiger partial charge in [-0.3, -0.25) is 14.2 Å². The van der Waals surface area contributed by atoms with Gasteiger partial charge in [0.05, 0.1) is 36.2 Å². The van der Waals surface area contributed by atoms with Gasteiger partial charge in [-0.1, -0.05) is 17.8 Å². The average molecular weight is 588 g/mol. The van der Waals surface area contributed by atoms with Crippen LogP contribution in [-0.2, 0) is 20.8 Å². The molecule has 0 aliphatic rings. The van der Waals surface area contributed by atoms with Gasteiger partial charge in [0.25, 0.3) is 5.56 Å². The number of carbonyl (C=O) groups is 3. The van der Waals surface area contributed by atoms with Gasteiger partial charge < -0.3 is 19.2 Å². The lowest BCUT2D eigenvalue weighted by molar-refractivity contribution is -0.113. The van der Waals surface area contributed by atoms with Gasteiger partial charge in [-0.2, -0.15) is 0 Å². The van der Waals surface area contributed by atoms with E-state index in [2.05, 4.69) is 16.9 Å². The highest BCUT2D eigenvalue weighted by Crippen LogP contribution is 2.35. The number of aromatic nitrogens is 2. The number of ether oxygens (including phenoxy) is 2. The van der Waals surface area contributed by atoms with Crippen molar-refractivity contribution in [1.29, 1.82) is 0 Å². The molecule has 0 spiro atoms. The fourth-order valence-corrected chi connectivity index (χ4v) is 6.64. The largest absolute Gasteiger partial charge is 0.464 e. The normalized spacial score (nSPS) is 10.9. The maximum atomic E-state index is 13.4. The summed E-state index contributed by atoms with van der Waals surface area (Å²) in [5.41, 5.74) is 0.863. The summed E-state index contributed by atoms with van der Waals surface area (Å²) in [5, 5.41) is 5.49. The van der Waals surface area contributed by atoms with Gasteiger partial charge in [-0.25, -0.2) is 14.6 Å². The highest BCUT2D eigenvalue weighted by molar-refractivity contribution is 7.99. The smallest absolute Gasteiger partial charge is 0.348 e. The second-order valence-corrected chi connectivity index (χ2v) is 10.8. The number of anilines is 1. The van der Waals surface area contributed by atoms with Crippen LogP contribution in [0.15, 0.2) is 50.8 Å². The number of hydrogen-bond donors (Lipinski definition) is 1. The molecule has 1 amide bonds. The maximum Gasteiger partial charge on any atom is 0.348 e. The van der Waals surface area contributed by atoms with Crippen molar-refractivity contribution < 1.29 is 28.3 Å². The summed E-state index contributed by atoms with van der Waals surface area (Å²) in [6.07, 6.45) is 3.12. The molecule has 4 rings (SSSR count). The first-order chi connectivity index (χ1) is 18.8. The lowest BCUT2D eigenvalue weighted by Crippen LogP contribution is -2.23. The highest BCUT2D eigenvalue weighted by Gasteiger charge is 2.27. The molecule has 0 radical (unpaired) electrons. The van der Waals surface area contributed by atoms with Crippen molar-refractivity contribution in [3.63, 3.8) is 0 Å². The first kappa shape index (κ1) is 28.3. The Morgan fingerprint density at radius 2 is 1.97 bits per heavy atom. The molecule has 0 bridgehead atoms. The van der Waals surface area contributed by atoms with E-state index in [0.29, 0.717) is 32.3 Å². The standard InChI is InChI=1S/C26H25N3O7S3/c1-5-10-29-23(31)19-15(16-9-8-11-36-16)12-37-21(19)28-26(29)38-13-17(30)27-22-18(24(32)34-6-2)14(4)20(39-22)25(33)35-7-3/h5,8-9,11-12H,1,6-7,10,13H2,2-4H3,(H,27,30). The number of esters is 2. The Hall–Kier alpha value is -3.68. The number of carbonyl (C=O) groups excluding carboxylic acids is 3. The Balaban J connectivity index is 1.60. The molecule has 1 N–H and O–H groups in total. The van der Waals surface area contributed by atoms with E-state index < -0.39 is 17.8 Å². The fraction of sp³-hybridized carbons (Fsp3) is 0.269. The maximum absolute atomic E-state index is 13.4. The van der Waals surface area contributed by atoms with Crippen LogP contribution in [0, 0.1) is 6.92 Å². The predicted molar refractivity (Wildman–Crippen MR) is 152 cm³/mol.